The zero-order valence-corrected chi connectivity index (χ0v) is 16.7. The Balaban J connectivity index is 2.07. The summed E-state index contributed by atoms with van der Waals surface area (Å²) >= 11 is 0. The van der Waals surface area contributed by atoms with E-state index in [0.717, 1.165) is 48.4 Å². The van der Waals surface area contributed by atoms with E-state index in [1.165, 1.54) is 25.3 Å². The van der Waals surface area contributed by atoms with Crippen molar-refractivity contribution in [1.29, 1.82) is 0 Å². The molecule has 0 bridgehead atoms. The maximum absolute atomic E-state index is 12.3. The number of sulfonamides is 1. The van der Waals surface area contributed by atoms with Crippen molar-refractivity contribution in [3.8, 4) is 11.1 Å². The third kappa shape index (κ3) is 3.99. The van der Waals surface area contributed by atoms with Crippen LogP contribution in [-0.4, -0.2) is 45.8 Å². The molecule has 1 N–H and O–H groups in total. The minimum absolute atomic E-state index is 0.111. The molecule has 1 fully saturated rings. The van der Waals surface area contributed by atoms with Gasteiger partial charge in [0.25, 0.3) is 0 Å². The molecule has 7 heteroatoms. The maximum Gasteiger partial charge on any atom is 0.242 e. The first kappa shape index (κ1) is 19.4. The molecule has 2 aromatic carbocycles. The highest BCUT2D eigenvalue weighted by Crippen LogP contribution is 2.39. The zero-order valence-electron chi connectivity index (χ0n) is 15.9. The van der Waals surface area contributed by atoms with Gasteiger partial charge in [0, 0.05) is 39.7 Å². The number of nitrogens with zero attached hydrogens (tertiary/aromatic N) is 2. The molecule has 3 rings (SSSR count). The Morgan fingerprint density at radius 1 is 1.04 bits per heavy atom. The molecule has 0 saturated carbocycles. The summed E-state index contributed by atoms with van der Waals surface area (Å²) in [4.78, 5) is 14.2. The number of amides is 1. The highest BCUT2D eigenvalue weighted by atomic mass is 32.2. The predicted octanol–water partition coefficient (Wildman–Crippen LogP) is 3.16. The number of para-hydroxylation sites is 1. The van der Waals surface area contributed by atoms with Gasteiger partial charge in [-0.3, -0.25) is 4.79 Å². The summed E-state index contributed by atoms with van der Waals surface area (Å²) < 4.78 is 25.8. The monoisotopic (exact) mass is 387 g/mol. The molecule has 144 valence electrons. The number of anilines is 2. The minimum Gasteiger partial charge on any atom is -0.369 e. The number of rotatable bonds is 5. The largest absolute Gasteiger partial charge is 0.369 e. The summed E-state index contributed by atoms with van der Waals surface area (Å²) in [5.41, 5.74) is 3.68. The average Bonchev–Trinajstić information content (AvgIpc) is 3.15. The third-order valence-electron chi connectivity index (χ3n) is 4.71. The zero-order chi connectivity index (χ0) is 19.6. The van der Waals surface area contributed by atoms with E-state index in [2.05, 4.69) is 10.2 Å². The van der Waals surface area contributed by atoms with E-state index < -0.39 is 10.0 Å². The van der Waals surface area contributed by atoms with Gasteiger partial charge in [-0.25, -0.2) is 12.7 Å². The fraction of sp³-hybridized carbons (Fsp3) is 0.350. The van der Waals surface area contributed by atoms with Gasteiger partial charge < -0.3 is 10.2 Å². The van der Waals surface area contributed by atoms with Gasteiger partial charge in [-0.15, -0.1) is 0 Å². The van der Waals surface area contributed by atoms with Crippen molar-refractivity contribution >= 4 is 27.3 Å². The van der Waals surface area contributed by atoms with Gasteiger partial charge in [-0.05, 0) is 36.6 Å². The summed E-state index contributed by atoms with van der Waals surface area (Å²) in [5, 5.41) is 2.93. The van der Waals surface area contributed by atoms with Crippen LogP contribution in [0.3, 0.4) is 0 Å². The quantitative estimate of drug-likeness (QED) is 0.856. The minimum atomic E-state index is -3.46. The Labute approximate surface area is 160 Å². The summed E-state index contributed by atoms with van der Waals surface area (Å²) in [6.45, 7) is 3.38. The highest BCUT2D eigenvalue weighted by Gasteiger charge is 2.22. The van der Waals surface area contributed by atoms with Crippen LogP contribution in [-0.2, 0) is 14.8 Å². The van der Waals surface area contributed by atoms with E-state index >= 15 is 0 Å². The molecule has 0 aliphatic carbocycles. The maximum atomic E-state index is 12.3. The van der Waals surface area contributed by atoms with E-state index in [-0.39, 0.29) is 10.8 Å². The number of nitrogens with one attached hydrogen (secondary N) is 1. The van der Waals surface area contributed by atoms with Gasteiger partial charge in [0.2, 0.25) is 15.9 Å². The standard InChI is InChI=1S/C20H25N3O3S/c1-15(24)21-19-8-6-7-18(20(19)23-13-4-5-14-23)16-9-11-17(12-10-16)27(25,26)22(2)3/h6-12H,4-5,13-14H2,1-3H3,(H,21,24). The molecule has 1 saturated heterocycles. The molecule has 27 heavy (non-hydrogen) atoms. The van der Waals surface area contributed by atoms with Crippen LogP contribution >= 0.6 is 0 Å². The Hall–Kier alpha value is -2.38. The Bertz CT molecular complexity index is 931. The number of hydrogen-bond donors (Lipinski definition) is 1. The van der Waals surface area contributed by atoms with Crippen molar-refractivity contribution in [3.63, 3.8) is 0 Å². The number of carbonyl (C=O) groups is 1. The molecule has 1 aliphatic heterocycles. The molecule has 6 nitrogen and oxygen atoms in total. The Kier molecular flexibility index (Phi) is 5.53. The van der Waals surface area contributed by atoms with Crippen LogP contribution in [0.4, 0.5) is 11.4 Å². The van der Waals surface area contributed by atoms with E-state index in [9.17, 15) is 13.2 Å². The lowest BCUT2D eigenvalue weighted by atomic mass is 10.0. The molecule has 0 aromatic heterocycles. The molecule has 1 aliphatic rings. The average molecular weight is 388 g/mol. The molecule has 0 spiro atoms. The Morgan fingerprint density at radius 2 is 1.67 bits per heavy atom. The number of carbonyl (C=O) groups excluding carboxylic acids is 1. The predicted molar refractivity (Wildman–Crippen MR) is 109 cm³/mol. The van der Waals surface area contributed by atoms with E-state index in [1.807, 2.05) is 30.3 Å². The molecule has 0 atom stereocenters. The van der Waals surface area contributed by atoms with Gasteiger partial charge in [-0.2, -0.15) is 0 Å². The summed E-state index contributed by atoms with van der Waals surface area (Å²) in [6.07, 6.45) is 2.24. The van der Waals surface area contributed by atoms with Gasteiger partial charge >= 0.3 is 0 Å². The number of benzene rings is 2. The second-order valence-electron chi connectivity index (χ2n) is 6.89. The van der Waals surface area contributed by atoms with Gasteiger partial charge in [0.05, 0.1) is 16.3 Å². The highest BCUT2D eigenvalue weighted by molar-refractivity contribution is 7.89. The molecule has 0 unspecified atom stereocenters. The van der Waals surface area contributed by atoms with Crippen LogP contribution in [0.15, 0.2) is 47.4 Å². The van der Waals surface area contributed by atoms with Crippen molar-refractivity contribution < 1.29 is 13.2 Å². The lowest BCUT2D eigenvalue weighted by Gasteiger charge is -2.25. The summed E-state index contributed by atoms with van der Waals surface area (Å²) in [5.74, 6) is -0.111. The fourth-order valence-corrected chi connectivity index (χ4v) is 4.27. The first-order valence-electron chi connectivity index (χ1n) is 8.99. The van der Waals surface area contributed by atoms with Crippen LogP contribution in [0.25, 0.3) is 11.1 Å². The van der Waals surface area contributed by atoms with Crippen LogP contribution in [0.1, 0.15) is 19.8 Å². The van der Waals surface area contributed by atoms with Crippen molar-refractivity contribution in [2.45, 2.75) is 24.7 Å². The molecule has 1 amide bonds. The second kappa shape index (κ2) is 7.70. The lowest BCUT2D eigenvalue weighted by Crippen LogP contribution is -2.22. The van der Waals surface area contributed by atoms with Gasteiger partial charge in [-0.1, -0.05) is 24.3 Å². The molecule has 1 heterocycles. The van der Waals surface area contributed by atoms with E-state index in [0.29, 0.717) is 0 Å². The van der Waals surface area contributed by atoms with Crippen LogP contribution in [0, 0.1) is 0 Å². The molecule has 0 radical (unpaired) electrons. The van der Waals surface area contributed by atoms with Crippen LogP contribution in [0.5, 0.6) is 0 Å². The Morgan fingerprint density at radius 3 is 2.22 bits per heavy atom. The topological polar surface area (TPSA) is 69.7 Å². The van der Waals surface area contributed by atoms with Crippen molar-refractivity contribution in [1.82, 2.24) is 4.31 Å². The normalized spacial score (nSPS) is 14.6. The van der Waals surface area contributed by atoms with Gasteiger partial charge in [0.15, 0.2) is 0 Å². The first-order valence-corrected chi connectivity index (χ1v) is 10.4. The first-order chi connectivity index (χ1) is 12.8. The van der Waals surface area contributed by atoms with Crippen molar-refractivity contribution in [3.05, 3.63) is 42.5 Å². The van der Waals surface area contributed by atoms with Crippen molar-refractivity contribution in [2.24, 2.45) is 0 Å². The fourth-order valence-electron chi connectivity index (χ4n) is 3.37. The number of hydrogen-bond acceptors (Lipinski definition) is 4. The summed E-state index contributed by atoms with van der Waals surface area (Å²) in [7, 11) is -0.421. The third-order valence-corrected chi connectivity index (χ3v) is 6.54. The van der Waals surface area contributed by atoms with Crippen LogP contribution < -0.4 is 10.2 Å². The lowest BCUT2D eigenvalue weighted by molar-refractivity contribution is -0.114. The SMILES string of the molecule is CC(=O)Nc1cccc(-c2ccc(S(=O)(=O)N(C)C)cc2)c1N1CCCC1. The molecular weight excluding hydrogens is 362 g/mol. The van der Waals surface area contributed by atoms with E-state index in [1.54, 1.807) is 12.1 Å². The van der Waals surface area contributed by atoms with E-state index in [4.69, 9.17) is 0 Å². The van der Waals surface area contributed by atoms with Gasteiger partial charge in [0.1, 0.15) is 0 Å². The molecular formula is C20H25N3O3S. The smallest absolute Gasteiger partial charge is 0.242 e. The summed E-state index contributed by atoms with van der Waals surface area (Å²) in [6, 6.07) is 12.7. The van der Waals surface area contributed by atoms with Crippen molar-refractivity contribution in [2.75, 3.05) is 37.4 Å². The second-order valence-corrected chi connectivity index (χ2v) is 9.04. The molecule has 2 aromatic rings. The van der Waals surface area contributed by atoms with Crippen LogP contribution in [0.2, 0.25) is 0 Å².